The molecule has 144 valence electrons. The number of aryl methyl sites for hydroxylation is 3. The van der Waals surface area contributed by atoms with E-state index in [1.165, 1.54) is 23.1 Å². The second-order valence-electron chi connectivity index (χ2n) is 6.84. The van der Waals surface area contributed by atoms with E-state index in [0.29, 0.717) is 16.4 Å². The second-order valence-corrected chi connectivity index (χ2v) is 9.35. The molecule has 8 heteroatoms. The Hall–Kier alpha value is -2.45. The van der Waals surface area contributed by atoms with Crippen LogP contribution in [-0.4, -0.2) is 27.6 Å². The highest BCUT2D eigenvalue weighted by Gasteiger charge is 2.29. The van der Waals surface area contributed by atoms with E-state index in [0.717, 1.165) is 26.5 Å². The summed E-state index contributed by atoms with van der Waals surface area (Å²) in [7, 11) is 0. The number of thiophene rings is 1. The summed E-state index contributed by atoms with van der Waals surface area (Å²) in [4.78, 5) is 40.4. The Labute approximate surface area is 170 Å². The summed E-state index contributed by atoms with van der Waals surface area (Å²) in [6, 6.07) is 7.79. The number of amidine groups is 1. The van der Waals surface area contributed by atoms with Crippen LogP contribution in [0.3, 0.4) is 0 Å². The fraction of sp³-hybridized carbons (Fsp3) is 0.300. The normalized spacial score (nSPS) is 15.4. The molecule has 1 aromatic carbocycles. The van der Waals surface area contributed by atoms with Gasteiger partial charge in [-0.15, -0.1) is 11.3 Å². The molecule has 0 fully saturated rings. The Morgan fingerprint density at radius 3 is 2.61 bits per heavy atom. The van der Waals surface area contributed by atoms with Gasteiger partial charge in [-0.1, -0.05) is 29.5 Å². The predicted octanol–water partition coefficient (Wildman–Crippen LogP) is 4.11. The number of aromatic nitrogens is 2. The van der Waals surface area contributed by atoms with Crippen molar-refractivity contribution in [2.75, 3.05) is 11.4 Å². The van der Waals surface area contributed by atoms with Gasteiger partial charge in [-0.25, -0.2) is 4.98 Å². The molecule has 3 aromatic rings. The molecular weight excluding hydrogens is 392 g/mol. The number of carbonyl (C=O) groups excluding carboxylic acids is 1. The van der Waals surface area contributed by atoms with Crippen molar-refractivity contribution in [3.05, 3.63) is 56.4 Å². The van der Waals surface area contributed by atoms with Crippen molar-refractivity contribution in [3.63, 3.8) is 0 Å². The summed E-state index contributed by atoms with van der Waals surface area (Å²) in [6.45, 7) is 8.04. The van der Waals surface area contributed by atoms with Crippen molar-refractivity contribution in [3.8, 4) is 0 Å². The van der Waals surface area contributed by atoms with Gasteiger partial charge in [0.25, 0.3) is 11.5 Å². The number of nitrogens with zero attached hydrogens (tertiary/aromatic N) is 3. The molecule has 0 radical (unpaired) electrons. The Balaban J connectivity index is 1.63. The van der Waals surface area contributed by atoms with Gasteiger partial charge in [-0.2, -0.15) is 0 Å². The van der Waals surface area contributed by atoms with Crippen LogP contribution in [0.25, 0.3) is 10.2 Å². The van der Waals surface area contributed by atoms with Crippen molar-refractivity contribution in [1.29, 1.82) is 0 Å². The van der Waals surface area contributed by atoms with Gasteiger partial charge in [0.1, 0.15) is 17.2 Å². The third-order valence-corrected chi connectivity index (χ3v) is 7.01. The predicted molar refractivity (Wildman–Crippen MR) is 117 cm³/mol. The molecule has 0 bridgehead atoms. The number of H-pyrrole nitrogens is 1. The average Bonchev–Trinajstić information content (AvgIpc) is 3.15. The molecule has 0 spiro atoms. The molecule has 1 aliphatic heterocycles. The van der Waals surface area contributed by atoms with Crippen molar-refractivity contribution >= 4 is 50.1 Å². The molecule has 3 heterocycles. The van der Waals surface area contributed by atoms with Crippen molar-refractivity contribution < 1.29 is 4.79 Å². The van der Waals surface area contributed by atoms with E-state index in [2.05, 4.69) is 15.0 Å². The van der Waals surface area contributed by atoms with E-state index in [9.17, 15) is 9.59 Å². The molecule has 0 saturated heterocycles. The number of nitrogens with one attached hydrogen (secondary N) is 1. The van der Waals surface area contributed by atoms with Crippen molar-refractivity contribution in [2.24, 2.45) is 4.99 Å². The van der Waals surface area contributed by atoms with E-state index in [-0.39, 0.29) is 23.3 Å². The molecule has 6 nitrogen and oxygen atoms in total. The van der Waals surface area contributed by atoms with Gasteiger partial charge >= 0.3 is 0 Å². The van der Waals surface area contributed by atoms with Gasteiger partial charge < -0.3 is 4.98 Å². The molecule has 0 saturated carbocycles. The first kappa shape index (κ1) is 18.9. The SMILES string of the molecule is Cc1ccc(N2C(=O)CN=C2S[C@@H](C)c2nc3sc(C)c(C)c3c(=O)[nH]2)cc1. The number of amides is 1. The number of carbonyl (C=O) groups is 1. The summed E-state index contributed by atoms with van der Waals surface area (Å²) in [5, 5.41) is 1.14. The second kappa shape index (κ2) is 7.18. The molecule has 0 aliphatic carbocycles. The largest absolute Gasteiger partial charge is 0.309 e. The fourth-order valence-electron chi connectivity index (χ4n) is 3.10. The zero-order chi connectivity index (χ0) is 20.0. The lowest BCUT2D eigenvalue weighted by Gasteiger charge is -2.20. The van der Waals surface area contributed by atoms with Gasteiger partial charge in [0.2, 0.25) is 0 Å². The van der Waals surface area contributed by atoms with Crippen LogP contribution in [0.2, 0.25) is 0 Å². The Morgan fingerprint density at radius 2 is 1.89 bits per heavy atom. The topological polar surface area (TPSA) is 78.4 Å². The maximum absolute atomic E-state index is 12.6. The lowest BCUT2D eigenvalue weighted by Crippen LogP contribution is -2.31. The number of hydrogen-bond acceptors (Lipinski definition) is 6. The molecule has 1 N–H and O–H groups in total. The summed E-state index contributed by atoms with van der Waals surface area (Å²) in [6.07, 6.45) is 0. The lowest BCUT2D eigenvalue weighted by atomic mass is 10.2. The van der Waals surface area contributed by atoms with Crippen molar-refractivity contribution in [2.45, 2.75) is 32.9 Å². The third kappa shape index (κ3) is 3.27. The molecule has 28 heavy (non-hydrogen) atoms. The van der Waals surface area contributed by atoms with Crippen LogP contribution in [-0.2, 0) is 4.79 Å². The fourth-order valence-corrected chi connectivity index (χ4v) is 5.13. The number of anilines is 1. The van der Waals surface area contributed by atoms with E-state index in [1.54, 1.807) is 4.90 Å². The zero-order valence-electron chi connectivity index (χ0n) is 16.1. The van der Waals surface area contributed by atoms with Crippen LogP contribution in [0.5, 0.6) is 0 Å². The Bertz CT molecular complexity index is 1160. The summed E-state index contributed by atoms with van der Waals surface area (Å²) in [5.74, 6) is 0.537. The molecule has 1 amide bonds. The van der Waals surface area contributed by atoms with Gasteiger partial charge in [-0.05, 0) is 45.4 Å². The first-order chi connectivity index (χ1) is 13.3. The number of thioether (sulfide) groups is 1. The minimum absolute atomic E-state index is 0.0556. The van der Waals surface area contributed by atoms with Gasteiger partial charge in [0.15, 0.2) is 5.17 Å². The molecular formula is C20H20N4O2S2. The first-order valence-corrected chi connectivity index (χ1v) is 10.7. The number of fused-ring (bicyclic) bond motifs is 1. The minimum atomic E-state index is -0.155. The van der Waals surface area contributed by atoms with Crippen LogP contribution < -0.4 is 10.5 Å². The lowest BCUT2D eigenvalue weighted by molar-refractivity contribution is -0.115. The van der Waals surface area contributed by atoms with Crippen LogP contribution >= 0.6 is 23.1 Å². The minimum Gasteiger partial charge on any atom is -0.309 e. The van der Waals surface area contributed by atoms with Gasteiger partial charge in [-0.3, -0.25) is 19.5 Å². The number of rotatable bonds is 3. The van der Waals surface area contributed by atoms with Gasteiger partial charge in [0, 0.05) is 4.88 Å². The van der Waals surface area contributed by atoms with Crippen LogP contribution in [0.4, 0.5) is 5.69 Å². The molecule has 1 atom stereocenters. The highest BCUT2D eigenvalue weighted by Crippen LogP contribution is 2.34. The molecule has 1 aliphatic rings. The number of aliphatic imine (C=N–C) groups is 1. The maximum atomic E-state index is 12.6. The monoisotopic (exact) mass is 412 g/mol. The van der Waals surface area contributed by atoms with Crippen LogP contribution in [0.15, 0.2) is 34.1 Å². The van der Waals surface area contributed by atoms with E-state index < -0.39 is 0 Å². The third-order valence-electron chi connectivity index (χ3n) is 4.81. The number of hydrogen-bond donors (Lipinski definition) is 1. The summed E-state index contributed by atoms with van der Waals surface area (Å²) in [5.41, 5.74) is 2.80. The molecule has 4 rings (SSSR count). The van der Waals surface area contributed by atoms with E-state index in [4.69, 9.17) is 0 Å². The summed E-state index contributed by atoms with van der Waals surface area (Å²) >= 11 is 2.96. The molecule has 0 unspecified atom stereocenters. The van der Waals surface area contributed by atoms with Gasteiger partial charge in [0.05, 0.1) is 16.3 Å². The standard InChI is InChI=1S/C20H20N4O2S2/c1-10-5-7-14(8-6-10)24-15(25)9-21-20(24)28-13(4)17-22-18(26)16-11(2)12(3)27-19(16)23-17/h5-8,13H,9H2,1-4H3,(H,22,23,26)/t13-/m0/s1. The number of benzene rings is 1. The smallest absolute Gasteiger partial charge is 0.259 e. The Morgan fingerprint density at radius 1 is 1.18 bits per heavy atom. The zero-order valence-corrected chi connectivity index (χ0v) is 17.7. The Kier molecular flexibility index (Phi) is 4.84. The average molecular weight is 413 g/mol. The summed E-state index contributed by atoms with van der Waals surface area (Å²) < 4.78 is 0. The first-order valence-electron chi connectivity index (χ1n) is 8.96. The van der Waals surface area contributed by atoms with Crippen LogP contribution in [0.1, 0.15) is 34.0 Å². The quantitative estimate of drug-likeness (QED) is 0.702. The highest BCUT2D eigenvalue weighted by molar-refractivity contribution is 8.14. The number of aromatic amines is 1. The van der Waals surface area contributed by atoms with Crippen LogP contribution in [0, 0.1) is 20.8 Å². The van der Waals surface area contributed by atoms with E-state index >= 15 is 0 Å². The maximum Gasteiger partial charge on any atom is 0.259 e. The van der Waals surface area contributed by atoms with E-state index in [1.807, 2.05) is 52.0 Å². The van der Waals surface area contributed by atoms with Crippen molar-refractivity contribution in [1.82, 2.24) is 9.97 Å². The molecule has 2 aromatic heterocycles. The highest BCUT2D eigenvalue weighted by atomic mass is 32.2.